The number of benzene rings is 1. The van der Waals surface area contributed by atoms with Crippen molar-refractivity contribution in [2.24, 2.45) is 5.10 Å². The number of halogens is 2. The Hall–Kier alpha value is -2.18. The third-order valence-electron chi connectivity index (χ3n) is 1.99. The molecule has 0 aliphatic heterocycles. The number of hydrogen-bond acceptors (Lipinski definition) is 4. The molecule has 1 aromatic rings. The minimum Gasteiger partial charge on any atom is -0.452 e. The van der Waals surface area contributed by atoms with Gasteiger partial charge in [-0.2, -0.15) is 13.9 Å². The number of carbonyl (C=O) groups is 1. The van der Waals surface area contributed by atoms with Gasteiger partial charge < -0.3 is 9.47 Å². The molecule has 7 heteroatoms. The van der Waals surface area contributed by atoms with Crippen molar-refractivity contribution in [2.45, 2.75) is 13.5 Å². The van der Waals surface area contributed by atoms with Crippen molar-refractivity contribution in [2.75, 3.05) is 7.11 Å². The summed E-state index contributed by atoms with van der Waals surface area (Å²) in [4.78, 5) is 10.8. The van der Waals surface area contributed by atoms with Gasteiger partial charge in [0.25, 0.3) is 0 Å². The molecule has 0 radical (unpaired) electrons. The monoisotopic (exact) mass is 258 g/mol. The van der Waals surface area contributed by atoms with E-state index in [9.17, 15) is 13.6 Å². The number of nitrogens with one attached hydrogen (secondary N) is 1. The highest BCUT2D eigenvalue weighted by Crippen LogP contribution is 2.20. The van der Waals surface area contributed by atoms with E-state index in [1.807, 2.05) is 0 Å². The average molecular weight is 258 g/mol. The second-order valence-electron chi connectivity index (χ2n) is 3.18. The molecule has 1 N–H and O–H groups in total. The summed E-state index contributed by atoms with van der Waals surface area (Å²) >= 11 is 0. The molecule has 0 heterocycles. The molecule has 0 atom stereocenters. The molecule has 0 fully saturated rings. The minimum atomic E-state index is -2.92. The molecule has 1 aromatic carbocycles. The SMILES string of the molecule is COC(=O)N/N=C(\C)c1ccccc1OC(F)F. The summed E-state index contributed by atoms with van der Waals surface area (Å²) in [5.74, 6) is -0.0135. The molecule has 0 saturated carbocycles. The summed E-state index contributed by atoms with van der Waals surface area (Å²) in [5, 5.41) is 3.70. The van der Waals surface area contributed by atoms with Crippen molar-refractivity contribution < 1.29 is 23.0 Å². The van der Waals surface area contributed by atoms with Crippen molar-refractivity contribution in [3.8, 4) is 5.75 Å². The van der Waals surface area contributed by atoms with Crippen LogP contribution in [-0.4, -0.2) is 25.5 Å². The number of hydrogen-bond donors (Lipinski definition) is 1. The zero-order valence-corrected chi connectivity index (χ0v) is 9.81. The van der Waals surface area contributed by atoms with Gasteiger partial charge in [0.05, 0.1) is 12.8 Å². The third-order valence-corrected chi connectivity index (χ3v) is 1.99. The highest BCUT2D eigenvalue weighted by atomic mass is 19.3. The van der Waals surface area contributed by atoms with Crippen molar-refractivity contribution in [1.82, 2.24) is 5.43 Å². The van der Waals surface area contributed by atoms with E-state index in [1.165, 1.54) is 13.2 Å². The molecule has 0 aliphatic carbocycles. The molecule has 5 nitrogen and oxygen atoms in total. The number of ether oxygens (including phenoxy) is 2. The van der Waals surface area contributed by atoms with Crippen molar-refractivity contribution in [1.29, 1.82) is 0 Å². The molecule has 0 aromatic heterocycles. The fraction of sp³-hybridized carbons (Fsp3) is 0.273. The van der Waals surface area contributed by atoms with Gasteiger partial charge in [-0.25, -0.2) is 10.2 Å². The van der Waals surface area contributed by atoms with Gasteiger partial charge in [0.2, 0.25) is 0 Å². The molecule has 0 aliphatic rings. The van der Waals surface area contributed by atoms with Gasteiger partial charge in [0, 0.05) is 5.56 Å². The van der Waals surface area contributed by atoms with Gasteiger partial charge in [-0.05, 0) is 19.1 Å². The number of amides is 1. The molecule has 0 bridgehead atoms. The molecule has 18 heavy (non-hydrogen) atoms. The van der Waals surface area contributed by atoms with Crippen LogP contribution >= 0.6 is 0 Å². The van der Waals surface area contributed by atoms with E-state index in [-0.39, 0.29) is 5.75 Å². The third kappa shape index (κ3) is 4.00. The maximum atomic E-state index is 12.2. The standard InChI is InChI=1S/C11H12F2N2O3/c1-7(14-15-11(16)17-2)8-5-3-4-6-9(8)18-10(12)13/h3-6,10H,1-2H3,(H,15,16)/b14-7+. The van der Waals surface area contributed by atoms with Crippen molar-refractivity contribution in [3.05, 3.63) is 29.8 Å². The predicted molar refractivity (Wildman–Crippen MR) is 60.8 cm³/mol. The van der Waals surface area contributed by atoms with Crippen LogP contribution in [0.3, 0.4) is 0 Å². The highest BCUT2D eigenvalue weighted by Gasteiger charge is 2.11. The van der Waals surface area contributed by atoms with E-state index in [2.05, 4.69) is 20.0 Å². The van der Waals surface area contributed by atoms with E-state index in [1.54, 1.807) is 25.1 Å². The number of alkyl halides is 2. The fourth-order valence-electron chi connectivity index (χ4n) is 1.20. The first-order valence-corrected chi connectivity index (χ1v) is 4.97. The van der Waals surface area contributed by atoms with Gasteiger partial charge in [-0.1, -0.05) is 12.1 Å². The maximum Gasteiger partial charge on any atom is 0.427 e. The van der Waals surface area contributed by atoms with Crippen LogP contribution < -0.4 is 10.2 Å². The normalized spacial score (nSPS) is 11.3. The van der Waals surface area contributed by atoms with E-state index in [4.69, 9.17) is 0 Å². The van der Waals surface area contributed by atoms with Crippen LogP contribution in [0.25, 0.3) is 0 Å². The summed E-state index contributed by atoms with van der Waals surface area (Å²) in [7, 11) is 1.19. The number of carbonyl (C=O) groups excluding carboxylic acids is 1. The molecular weight excluding hydrogens is 246 g/mol. The number of methoxy groups -OCH3 is 1. The van der Waals surface area contributed by atoms with Gasteiger partial charge in [0.15, 0.2) is 0 Å². The second kappa shape index (κ2) is 6.53. The fourth-order valence-corrected chi connectivity index (χ4v) is 1.20. The topological polar surface area (TPSA) is 59.9 Å². The van der Waals surface area contributed by atoms with Crippen LogP contribution in [0.4, 0.5) is 13.6 Å². The summed E-state index contributed by atoms with van der Waals surface area (Å²) < 4.78 is 33.0. The van der Waals surface area contributed by atoms with Crippen LogP contribution in [0.2, 0.25) is 0 Å². The Labute approximate surface area is 102 Å². The molecule has 0 spiro atoms. The van der Waals surface area contributed by atoms with E-state index in [0.29, 0.717) is 11.3 Å². The maximum absolute atomic E-state index is 12.2. The van der Waals surface area contributed by atoms with Gasteiger partial charge in [-0.3, -0.25) is 0 Å². The Morgan fingerprint density at radius 3 is 2.67 bits per heavy atom. The lowest BCUT2D eigenvalue weighted by atomic mass is 10.1. The first-order chi connectivity index (χ1) is 8.54. The van der Waals surface area contributed by atoms with Gasteiger partial charge in [-0.15, -0.1) is 0 Å². The molecule has 1 amide bonds. The number of nitrogens with zero attached hydrogens (tertiary/aromatic N) is 1. The Morgan fingerprint density at radius 1 is 1.39 bits per heavy atom. The van der Waals surface area contributed by atoms with Gasteiger partial charge >= 0.3 is 12.7 Å². The zero-order valence-electron chi connectivity index (χ0n) is 9.81. The number of rotatable bonds is 4. The Balaban J connectivity index is 2.90. The molecule has 0 unspecified atom stereocenters. The molecule has 0 saturated heterocycles. The van der Waals surface area contributed by atoms with E-state index >= 15 is 0 Å². The highest BCUT2D eigenvalue weighted by molar-refractivity contribution is 6.01. The summed E-state index contributed by atoms with van der Waals surface area (Å²) in [6.07, 6.45) is -0.749. The minimum absolute atomic E-state index is 0.0135. The number of hydrazone groups is 1. The molecular formula is C11H12F2N2O3. The lowest BCUT2D eigenvalue weighted by Crippen LogP contribution is -2.19. The first-order valence-electron chi connectivity index (χ1n) is 4.97. The van der Waals surface area contributed by atoms with E-state index in [0.717, 1.165) is 0 Å². The van der Waals surface area contributed by atoms with Crippen molar-refractivity contribution in [3.63, 3.8) is 0 Å². The lowest BCUT2D eigenvalue weighted by molar-refractivity contribution is -0.0499. The van der Waals surface area contributed by atoms with Crippen LogP contribution in [-0.2, 0) is 4.74 Å². The van der Waals surface area contributed by atoms with E-state index < -0.39 is 12.7 Å². The van der Waals surface area contributed by atoms with Gasteiger partial charge in [0.1, 0.15) is 5.75 Å². The Morgan fingerprint density at radius 2 is 2.06 bits per heavy atom. The summed E-state index contributed by atoms with van der Waals surface area (Å²) in [5.41, 5.74) is 2.77. The zero-order chi connectivity index (χ0) is 13.5. The second-order valence-corrected chi connectivity index (χ2v) is 3.18. The Kier molecular flexibility index (Phi) is 5.04. The quantitative estimate of drug-likeness (QED) is 0.666. The average Bonchev–Trinajstić information content (AvgIpc) is 2.35. The molecule has 98 valence electrons. The summed E-state index contributed by atoms with van der Waals surface area (Å²) in [6, 6.07) is 6.14. The van der Waals surface area contributed by atoms with Crippen LogP contribution in [0, 0.1) is 0 Å². The number of para-hydroxylation sites is 1. The first kappa shape index (κ1) is 13.9. The predicted octanol–water partition coefficient (Wildman–Crippen LogP) is 2.37. The Bertz CT molecular complexity index is 450. The lowest BCUT2D eigenvalue weighted by Gasteiger charge is -2.10. The van der Waals surface area contributed by atoms with Crippen LogP contribution in [0.5, 0.6) is 5.75 Å². The summed E-state index contributed by atoms with van der Waals surface area (Å²) in [6.45, 7) is -1.38. The smallest absolute Gasteiger partial charge is 0.427 e. The molecule has 1 rings (SSSR count). The van der Waals surface area contributed by atoms with Crippen LogP contribution in [0.1, 0.15) is 12.5 Å². The van der Waals surface area contributed by atoms with Crippen molar-refractivity contribution >= 4 is 11.8 Å². The van der Waals surface area contributed by atoms with Crippen LogP contribution in [0.15, 0.2) is 29.4 Å². The largest absolute Gasteiger partial charge is 0.452 e.